The molecule has 1 aromatic carbocycles. The van der Waals surface area contributed by atoms with Crippen molar-refractivity contribution in [3.8, 4) is 0 Å². The summed E-state index contributed by atoms with van der Waals surface area (Å²) in [5.41, 5.74) is 2.71. The average molecular weight is 285 g/mol. The Bertz CT molecular complexity index is 307. The zero-order valence-electron chi connectivity index (χ0n) is 12.6. The number of anilines is 1. The molecule has 0 bridgehead atoms. The number of benzene rings is 1. The van der Waals surface area contributed by atoms with E-state index >= 15 is 0 Å². The predicted octanol–water partition coefficient (Wildman–Crippen LogP) is 4.23. The molecule has 2 nitrogen and oxygen atoms in total. The van der Waals surface area contributed by atoms with Gasteiger partial charge in [-0.05, 0) is 44.5 Å². The standard InChI is InChI=1S/C16H28N2.ClH/c1-4-7-8-13-17-14-15-9-11-16(12-10-15)18(5-2)6-3;/h9-12,17H,4-8,13-14H2,1-3H3;1H. The van der Waals surface area contributed by atoms with Crippen LogP contribution in [0, 0.1) is 0 Å². The maximum absolute atomic E-state index is 3.50. The Morgan fingerprint density at radius 1 is 0.947 bits per heavy atom. The molecule has 0 saturated carbocycles. The van der Waals surface area contributed by atoms with Crippen LogP contribution in [0.5, 0.6) is 0 Å². The Morgan fingerprint density at radius 3 is 2.11 bits per heavy atom. The SMILES string of the molecule is CCCCCNCc1ccc(N(CC)CC)cc1.Cl. The van der Waals surface area contributed by atoms with Crippen LogP contribution in [0.2, 0.25) is 0 Å². The molecule has 0 unspecified atom stereocenters. The van der Waals surface area contributed by atoms with Crippen LogP contribution in [-0.4, -0.2) is 19.6 Å². The normalized spacial score (nSPS) is 10.1. The van der Waals surface area contributed by atoms with Gasteiger partial charge in [-0.1, -0.05) is 31.9 Å². The molecule has 0 aliphatic heterocycles. The predicted molar refractivity (Wildman–Crippen MR) is 88.5 cm³/mol. The summed E-state index contributed by atoms with van der Waals surface area (Å²) in [4.78, 5) is 2.37. The lowest BCUT2D eigenvalue weighted by Gasteiger charge is -2.21. The van der Waals surface area contributed by atoms with E-state index in [9.17, 15) is 0 Å². The molecule has 3 heteroatoms. The topological polar surface area (TPSA) is 15.3 Å². The first-order chi connectivity index (χ1) is 8.81. The number of hydrogen-bond donors (Lipinski definition) is 1. The number of nitrogens with one attached hydrogen (secondary N) is 1. The Labute approximate surface area is 125 Å². The first-order valence-corrected chi connectivity index (χ1v) is 7.36. The van der Waals surface area contributed by atoms with Gasteiger partial charge in [0.05, 0.1) is 0 Å². The molecular weight excluding hydrogens is 256 g/mol. The summed E-state index contributed by atoms with van der Waals surface area (Å²) in [6.07, 6.45) is 3.90. The molecule has 110 valence electrons. The third-order valence-corrected chi connectivity index (χ3v) is 3.35. The van der Waals surface area contributed by atoms with Crippen molar-refractivity contribution in [2.75, 3.05) is 24.5 Å². The van der Waals surface area contributed by atoms with Crippen molar-refractivity contribution in [2.24, 2.45) is 0 Å². The minimum Gasteiger partial charge on any atom is -0.372 e. The summed E-state index contributed by atoms with van der Waals surface area (Å²) >= 11 is 0. The highest BCUT2D eigenvalue weighted by atomic mass is 35.5. The van der Waals surface area contributed by atoms with Crippen LogP contribution >= 0.6 is 12.4 Å². The van der Waals surface area contributed by atoms with Crippen molar-refractivity contribution in [3.63, 3.8) is 0 Å². The van der Waals surface area contributed by atoms with Gasteiger partial charge in [0.2, 0.25) is 0 Å². The lowest BCUT2D eigenvalue weighted by molar-refractivity contribution is 0.617. The van der Waals surface area contributed by atoms with Gasteiger partial charge in [-0.25, -0.2) is 0 Å². The second-order valence-corrected chi connectivity index (χ2v) is 4.72. The van der Waals surface area contributed by atoms with E-state index in [0.29, 0.717) is 0 Å². The molecule has 0 atom stereocenters. The molecule has 19 heavy (non-hydrogen) atoms. The van der Waals surface area contributed by atoms with Crippen LogP contribution in [0.4, 0.5) is 5.69 Å². The summed E-state index contributed by atoms with van der Waals surface area (Å²) < 4.78 is 0. The summed E-state index contributed by atoms with van der Waals surface area (Å²) in [6.45, 7) is 10.9. The van der Waals surface area contributed by atoms with Gasteiger partial charge in [0, 0.05) is 25.3 Å². The van der Waals surface area contributed by atoms with Crippen molar-refractivity contribution in [1.82, 2.24) is 5.32 Å². The molecule has 0 aromatic heterocycles. The average Bonchev–Trinajstić information content (AvgIpc) is 2.41. The van der Waals surface area contributed by atoms with E-state index in [0.717, 1.165) is 26.2 Å². The number of halogens is 1. The highest BCUT2D eigenvalue weighted by Crippen LogP contribution is 2.14. The molecule has 0 amide bonds. The van der Waals surface area contributed by atoms with Gasteiger partial charge in [0.1, 0.15) is 0 Å². The van der Waals surface area contributed by atoms with E-state index in [1.807, 2.05) is 0 Å². The smallest absolute Gasteiger partial charge is 0.0366 e. The molecule has 0 aliphatic rings. The molecule has 1 rings (SSSR count). The number of hydrogen-bond acceptors (Lipinski definition) is 2. The van der Waals surface area contributed by atoms with Crippen LogP contribution in [-0.2, 0) is 6.54 Å². The summed E-state index contributed by atoms with van der Waals surface area (Å²) in [6, 6.07) is 8.94. The summed E-state index contributed by atoms with van der Waals surface area (Å²) in [7, 11) is 0. The van der Waals surface area contributed by atoms with Gasteiger partial charge in [0.25, 0.3) is 0 Å². The molecule has 1 N–H and O–H groups in total. The second kappa shape index (κ2) is 11.1. The third kappa shape index (κ3) is 6.84. The molecule has 0 radical (unpaired) electrons. The van der Waals surface area contributed by atoms with Gasteiger partial charge in [-0.3, -0.25) is 0 Å². The fourth-order valence-corrected chi connectivity index (χ4v) is 2.15. The van der Waals surface area contributed by atoms with Gasteiger partial charge < -0.3 is 10.2 Å². The minimum atomic E-state index is 0. The maximum Gasteiger partial charge on any atom is 0.0366 e. The molecular formula is C16H29ClN2. The van der Waals surface area contributed by atoms with Crippen molar-refractivity contribution in [2.45, 2.75) is 46.6 Å². The van der Waals surface area contributed by atoms with Crippen molar-refractivity contribution >= 4 is 18.1 Å². The Morgan fingerprint density at radius 2 is 1.58 bits per heavy atom. The van der Waals surface area contributed by atoms with E-state index in [4.69, 9.17) is 0 Å². The monoisotopic (exact) mass is 284 g/mol. The Balaban J connectivity index is 0.00000324. The first kappa shape index (κ1) is 18.3. The molecule has 0 heterocycles. The van der Waals surface area contributed by atoms with Gasteiger partial charge in [-0.2, -0.15) is 0 Å². The molecule has 0 saturated heterocycles. The van der Waals surface area contributed by atoms with E-state index < -0.39 is 0 Å². The third-order valence-electron chi connectivity index (χ3n) is 3.35. The fraction of sp³-hybridized carbons (Fsp3) is 0.625. The lowest BCUT2D eigenvalue weighted by atomic mass is 10.2. The molecule has 0 fully saturated rings. The van der Waals surface area contributed by atoms with E-state index in [-0.39, 0.29) is 12.4 Å². The molecule has 1 aromatic rings. The van der Waals surface area contributed by atoms with E-state index in [1.54, 1.807) is 0 Å². The fourth-order valence-electron chi connectivity index (χ4n) is 2.15. The summed E-state index contributed by atoms with van der Waals surface area (Å²) in [5.74, 6) is 0. The van der Waals surface area contributed by atoms with Crippen molar-refractivity contribution in [3.05, 3.63) is 29.8 Å². The van der Waals surface area contributed by atoms with E-state index in [2.05, 4.69) is 55.3 Å². The van der Waals surface area contributed by atoms with Crippen LogP contribution in [0.1, 0.15) is 45.6 Å². The Hall–Kier alpha value is -0.730. The quantitative estimate of drug-likeness (QED) is 0.683. The lowest BCUT2D eigenvalue weighted by Crippen LogP contribution is -2.21. The number of nitrogens with zero attached hydrogens (tertiary/aromatic N) is 1. The van der Waals surface area contributed by atoms with Crippen LogP contribution in [0.3, 0.4) is 0 Å². The number of unbranched alkanes of at least 4 members (excludes halogenated alkanes) is 2. The molecule has 0 spiro atoms. The van der Waals surface area contributed by atoms with Gasteiger partial charge in [-0.15, -0.1) is 12.4 Å². The Kier molecular flexibility index (Phi) is 10.7. The van der Waals surface area contributed by atoms with Gasteiger partial charge in [0.15, 0.2) is 0 Å². The van der Waals surface area contributed by atoms with E-state index in [1.165, 1.54) is 30.5 Å². The summed E-state index contributed by atoms with van der Waals surface area (Å²) in [5, 5.41) is 3.50. The van der Waals surface area contributed by atoms with Crippen LogP contribution in [0.15, 0.2) is 24.3 Å². The van der Waals surface area contributed by atoms with Crippen LogP contribution < -0.4 is 10.2 Å². The van der Waals surface area contributed by atoms with Crippen molar-refractivity contribution < 1.29 is 0 Å². The van der Waals surface area contributed by atoms with Gasteiger partial charge >= 0.3 is 0 Å². The highest BCUT2D eigenvalue weighted by Gasteiger charge is 2.00. The number of rotatable bonds is 9. The largest absolute Gasteiger partial charge is 0.372 e. The van der Waals surface area contributed by atoms with Crippen LogP contribution in [0.25, 0.3) is 0 Å². The van der Waals surface area contributed by atoms with Crippen molar-refractivity contribution in [1.29, 1.82) is 0 Å². The first-order valence-electron chi connectivity index (χ1n) is 7.36. The zero-order chi connectivity index (χ0) is 13.2. The minimum absolute atomic E-state index is 0. The zero-order valence-corrected chi connectivity index (χ0v) is 13.4. The maximum atomic E-state index is 3.50. The highest BCUT2D eigenvalue weighted by molar-refractivity contribution is 5.85. The second-order valence-electron chi connectivity index (χ2n) is 4.72. The molecule has 0 aliphatic carbocycles.